The second kappa shape index (κ2) is 3.38. The molecule has 0 aliphatic heterocycles. The minimum absolute atomic E-state index is 0.293. The molecule has 0 amide bonds. The summed E-state index contributed by atoms with van der Waals surface area (Å²) < 4.78 is 13.6. The molecule has 0 bridgehead atoms. The van der Waals surface area contributed by atoms with Crippen molar-refractivity contribution in [3.05, 3.63) is 34.7 Å². The summed E-state index contributed by atoms with van der Waals surface area (Å²) in [7, 11) is 0. The molecule has 1 heterocycles. The first-order valence-corrected chi connectivity index (χ1v) is 4.59. The molecule has 6 heteroatoms. The smallest absolute Gasteiger partial charge is 0.166 e. The summed E-state index contributed by atoms with van der Waals surface area (Å²) >= 11 is 3.27. The highest BCUT2D eigenvalue weighted by Crippen LogP contribution is 2.20. The first-order valence-electron chi connectivity index (χ1n) is 3.80. The first kappa shape index (κ1) is 9.14. The lowest BCUT2D eigenvalue weighted by Crippen LogP contribution is -2.00. The van der Waals surface area contributed by atoms with E-state index in [1.54, 1.807) is 6.07 Å². The number of hydrogen-bond donors (Lipinski definition) is 1. The second-order valence-electron chi connectivity index (χ2n) is 2.65. The molecular formula is C8H6BrFN4. The highest BCUT2D eigenvalue weighted by atomic mass is 79.9. The number of anilines is 1. The molecule has 4 nitrogen and oxygen atoms in total. The minimum atomic E-state index is -0.348. The average Bonchev–Trinajstić information content (AvgIpc) is 2.56. The Balaban J connectivity index is 2.55. The van der Waals surface area contributed by atoms with Gasteiger partial charge in [0.1, 0.15) is 11.5 Å². The zero-order chi connectivity index (χ0) is 10.1. The van der Waals surface area contributed by atoms with E-state index in [-0.39, 0.29) is 5.82 Å². The van der Waals surface area contributed by atoms with Crippen molar-refractivity contribution in [1.82, 2.24) is 15.0 Å². The van der Waals surface area contributed by atoms with Crippen LogP contribution in [0.5, 0.6) is 0 Å². The number of benzene rings is 1. The molecule has 0 fully saturated rings. The quantitative estimate of drug-likeness (QED) is 0.846. The number of nitrogen functional groups attached to an aromatic ring is 1. The highest BCUT2D eigenvalue weighted by molar-refractivity contribution is 9.10. The fraction of sp³-hybridized carbons (Fsp3) is 0. The van der Waals surface area contributed by atoms with Crippen molar-refractivity contribution in [2.75, 3.05) is 5.73 Å². The maximum absolute atomic E-state index is 12.9. The maximum atomic E-state index is 12.9. The topological polar surface area (TPSA) is 56.7 Å². The van der Waals surface area contributed by atoms with Gasteiger partial charge in [-0.2, -0.15) is 5.10 Å². The van der Waals surface area contributed by atoms with Crippen molar-refractivity contribution in [2.24, 2.45) is 0 Å². The monoisotopic (exact) mass is 256 g/mol. The van der Waals surface area contributed by atoms with Crippen molar-refractivity contribution in [3.63, 3.8) is 0 Å². The number of hydrogen-bond acceptors (Lipinski definition) is 3. The van der Waals surface area contributed by atoms with E-state index in [9.17, 15) is 4.39 Å². The van der Waals surface area contributed by atoms with Gasteiger partial charge in [0.2, 0.25) is 0 Å². The molecule has 1 aromatic heterocycles. The molecule has 0 saturated carbocycles. The number of rotatable bonds is 1. The van der Waals surface area contributed by atoms with Gasteiger partial charge in [-0.05, 0) is 28.1 Å². The summed E-state index contributed by atoms with van der Waals surface area (Å²) in [5.41, 5.74) is 5.92. The fourth-order valence-corrected chi connectivity index (χ4v) is 1.44. The molecular weight excluding hydrogens is 251 g/mol. The Kier molecular flexibility index (Phi) is 2.20. The number of aromatic nitrogens is 3. The van der Waals surface area contributed by atoms with Gasteiger partial charge in [0.15, 0.2) is 5.82 Å². The number of nitrogens with zero attached hydrogens (tertiary/aromatic N) is 3. The van der Waals surface area contributed by atoms with E-state index in [1.807, 2.05) is 0 Å². The van der Waals surface area contributed by atoms with E-state index in [1.165, 1.54) is 23.1 Å². The van der Waals surface area contributed by atoms with Crippen LogP contribution in [0.4, 0.5) is 10.2 Å². The second-order valence-corrected chi connectivity index (χ2v) is 3.51. The Labute approximate surface area is 87.7 Å². The van der Waals surface area contributed by atoms with Crippen LogP contribution in [0, 0.1) is 5.82 Å². The third-order valence-corrected chi connectivity index (χ3v) is 2.30. The van der Waals surface area contributed by atoms with Crippen LogP contribution in [0.15, 0.2) is 28.9 Å². The molecule has 0 saturated heterocycles. The van der Waals surface area contributed by atoms with Gasteiger partial charge in [-0.15, -0.1) is 9.90 Å². The Hall–Kier alpha value is -1.43. The fourth-order valence-electron chi connectivity index (χ4n) is 1.03. The van der Waals surface area contributed by atoms with Crippen LogP contribution in [-0.4, -0.2) is 15.0 Å². The van der Waals surface area contributed by atoms with Gasteiger partial charge in [-0.1, -0.05) is 0 Å². The molecule has 0 spiro atoms. The Bertz CT molecular complexity index is 468. The van der Waals surface area contributed by atoms with Gasteiger partial charge in [-0.3, -0.25) is 0 Å². The van der Waals surface area contributed by atoms with Gasteiger partial charge in [-0.25, -0.2) is 4.39 Å². The summed E-state index contributed by atoms with van der Waals surface area (Å²) in [6.07, 6.45) is 1.40. The molecule has 0 aliphatic rings. The van der Waals surface area contributed by atoms with Gasteiger partial charge < -0.3 is 5.73 Å². The van der Waals surface area contributed by atoms with Gasteiger partial charge in [0.05, 0.1) is 6.20 Å². The lowest BCUT2D eigenvalue weighted by Gasteiger charge is -2.01. The van der Waals surface area contributed by atoms with Crippen molar-refractivity contribution in [2.45, 2.75) is 0 Å². The summed E-state index contributed by atoms with van der Waals surface area (Å²) in [5.74, 6) is -0.0553. The average molecular weight is 257 g/mol. The van der Waals surface area contributed by atoms with Crippen LogP contribution in [0.2, 0.25) is 0 Å². The summed E-state index contributed by atoms with van der Waals surface area (Å²) in [5, 5.41) is 7.74. The van der Waals surface area contributed by atoms with Crippen LogP contribution >= 0.6 is 15.9 Å². The van der Waals surface area contributed by atoms with Crippen LogP contribution in [0.1, 0.15) is 0 Å². The lowest BCUT2D eigenvalue weighted by molar-refractivity contribution is 0.622. The molecule has 72 valence electrons. The number of nitrogens with two attached hydrogens (primary N) is 1. The van der Waals surface area contributed by atoms with Gasteiger partial charge in [0, 0.05) is 10.5 Å². The summed E-state index contributed by atoms with van der Waals surface area (Å²) in [4.78, 5) is 1.27. The van der Waals surface area contributed by atoms with Crippen molar-refractivity contribution in [3.8, 4) is 5.69 Å². The predicted octanol–water partition coefficient (Wildman–Crippen LogP) is 1.75. The van der Waals surface area contributed by atoms with E-state index in [0.29, 0.717) is 16.0 Å². The first-order chi connectivity index (χ1) is 6.66. The standard InChI is InChI=1S/C8H6BrFN4/c9-6-2-1-5(10)3-7(6)14-12-4-8(11)13-14/h1-4H,(H2,11,13). The van der Waals surface area contributed by atoms with Crippen molar-refractivity contribution in [1.29, 1.82) is 0 Å². The molecule has 2 N–H and O–H groups in total. The largest absolute Gasteiger partial charge is 0.381 e. The Morgan fingerprint density at radius 1 is 1.43 bits per heavy atom. The van der Waals surface area contributed by atoms with E-state index in [4.69, 9.17) is 5.73 Å². The van der Waals surface area contributed by atoms with Crippen molar-refractivity contribution < 1.29 is 4.39 Å². The van der Waals surface area contributed by atoms with Crippen LogP contribution in [0.25, 0.3) is 5.69 Å². The molecule has 0 aliphatic carbocycles. The van der Waals surface area contributed by atoms with E-state index in [2.05, 4.69) is 26.1 Å². The van der Waals surface area contributed by atoms with E-state index < -0.39 is 0 Å². The molecule has 14 heavy (non-hydrogen) atoms. The summed E-state index contributed by atoms with van der Waals surface area (Å²) in [6, 6.07) is 4.26. The molecule has 1 aromatic carbocycles. The van der Waals surface area contributed by atoms with Gasteiger partial charge in [0.25, 0.3) is 0 Å². The van der Waals surface area contributed by atoms with E-state index in [0.717, 1.165) is 0 Å². The normalized spacial score (nSPS) is 10.4. The zero-order valence-electron chi connectivity index (χ0n) is 6.98. The Morgan fingerprint density at radius 2 is 2.21 bits per heavy atom. The van der Waals surface area contributed by atoms with Crippen LogP contribution in [0.3, 0.4) is 0 Å². The number of halogens is 2. The highest BCUT2D eigenvalue weighted by Gasteiger charge is 2.06. The van der Waals surface area contributed by atoms with Crippen LogP contribution in [-0.2, 0) is 0 Å². The molecule has 2 rings (SSSR count). The van der Waals surface area contributed by atoms with E-state index >= 15 is 0 Å². The third-order valence-electron chi connectivity index (χ3n) is 1.63. The lowest BCUT2D eigenvalue weighted by atomic mass is 10.3. The van der Waals surface area contributed by atoms with Crippen molar-refractivity contribution >= 4 is 21.7 Å². The van der Waals surface area contributed by atoms with Crippen LogP contribution < -0.4 is 5.73 Å². The molecule has 0 unspecified atom stereocenters. The molecule has 2 aromatic rings. The predicted molar refractivity (Wildman–Crippen MR) is 53.4 cm³/mol. The minimum Gasteiger partial charge on any atom is -0.381 e. The Morgan fingerprint density at radius 3 is 2.86 bits per heavy atom. The molecule has 0 radical (unpaired) electrons. The summed E-state index contributed by atoms with van der Waals surface area (Å²) in [6.45, 7) is 0. The SMILES string of the molecule is Nc1cnn(-c2cc(F)ccc2Br)n1. The molecule has 0 atom stereocenters. The zero-order valence-corrected chi connectivity index (χ0v) is 8.57. The van der Waals surface area contributed by atoms with Gasteiger partial charge >= 0.3 is 0 Å². The third kappa shape index (κ3) is 1.60. The maximum Gasteiger partial charge on any atom is 0.166 e.